The maximum absolute atomic E-state index is 5.88. The van der Waals surface area contributed by atoms with Gasteiger partial charge in [0.1, 0.15) is 0 Å². The first-order valence-electron chi connectivity index (χ1n) is 8.04. The molecule has 1 atom stereocenters. The predicted octanol–water partition coefficient (Wildman–Crippen LogP) is 3.60. The fourth-order valence-corrected chi connectivity index (χ4v) is 2.48. The van der Waals surface area contributed by atoms with Crippen molar-refractivity contribution in [3.63, 3.8) is 0 Å². The van der Waals surface area contributed by atoms with Crippen LogP contribution in [-0.2, 0) is 0 Å². The van der Waals surface area contributed by atoms with E-state index >= 15 is 0 Å². The number of hydrogen-bond donors (Lipinski definition) is 3. The predicted molar refractivity (Wildman–Crippen MR) is 111 cm³/mol. The Morgan fingerprint density at radius 2 is 1.91 bits per heavy atom. The number of aliphatic imine (C=N–C) groups is 1. The highest BCUT2D eigenvalue weighted by molar-refractivity contribution is 14.0. The lowest BCUT2D eigenvalue weighted by molar-refractivity contribution is 0.281. The average Bonchev–Trinajstić information content (AvgIpc) is 2.57. The maximum atomic E-state index is 5.88. The average molecular weight is 430 g/mol. The largest absolute Gasteiger partial charge is 0.370 e. The van der Waals surface area contributed by atoms with Crippen LogP contribution < -0.4 is 16.4 Å². The molecule has 0 bridgehead atoms. The van der Waals surface area contributed by atoms with Gasteiger partial charge in [-0.3, -0.25) is 4.99 Å². The zero-order chi connectivity index (χ0) is 16.4. The van der Waals surface area contributed by atoms with Gasteiger partial charge in [-0.2, -0.15) is 0 Å². The number of hydrogen-bond acceptors (Lipinski definition) is 2. The molecule has 0 saturated heterocycles. The van der Waals surface area contributed by atoms with E-state index in [0.29, 0.717) is 19.0 Å². The summed E-state index contributed by atoms with van der Waals surface area (Å²) in [6, 6.07) is 10.8. The third-order valence-corrected chi connectivity index (χ3v) is 4.16. The van der Waals surface area contributed by atoms with Gasteiger partial charge in [0.2, 0.25) is 0 Å². The van der Waals surface area contributed by atoms with Crippen molar-refractivity contribution >= 4 is 29.9 Å². The molecule has 130 valence electrons. The molecule has 0 fully saturated rings. The lowest BCUT2D eigenvalue weighted by atomic mass is 9.91. The minimum atomic E-state index is -0.0459. The van der Waals surface area contributed by atoms with Crippen LogP contribution in [0, 0.1) is 0 Å². The van der Waals surface area contributed by atoms with E-state index in [1.165, 1.54) is 5.56 Å². The summed E-state index contributed by atoms with van der Waals surface area (Å²) < 4.78 is 0. The van der Waals surface area contributed by atoms with Gasteiger partial charge >= 0.3 is 0 Å². The number of halogens is 1. The van der Waals surface area contributed by atoms with E-state index in [1.54, 1.807) is 6.08 Å². The van der Waals surface area contributed by atoms with Crippen LogP contribution in [0.2, 0.25) is 0 Å². The molecular weight excluding hydrogens is 399 g/mol. The van der Waals surface area contributed by atoms with Gasteiger partial charge in [-0.25, -0.2) is 0 Å². The Morgan fingerprint density at radius 3 is 2.43 bits per heavy atom. The number of nitrogens with zero attached hydrogens (tertiary/aromatic N) is 1. The van der Waals surface area contributed by atoms with Crippen molar-refractivity contribution in [2.75, 3.05) is 13.1 Å². The number of guanidine groups is 1. The molecule has 1 rings (SSSR count). The molecule has 0 spiro atoms. The number of rotatable bonds is 9. The van der Waals surface area contributed by atoms with Crippen molar-refractivity contribution in [2.24, 2.45) is 10.7 Å². The van der Waals surface area contributed by atoms with E-state index in [-0.39, 0.29) is 35.6 Å². The second-order valence-corrected chi connectivity index (χ2v) is 5.64. The molecule has 0 heterocycles. The normalized spacial score (nSPS) is 13.1. The highest BCUT2D eigenvalue weighted by Crippen LogP contribution is 2.22. The van der Waals surface area contributed by atoms with Crippen LogP contribution in [0.5, 0.6) is 0 Å². The highest BCUT2D eigenvalue weighted by atomic mass is 127. The van der Waals surface area contributed by atoms with Crippen molar-refractivity contribution in [2.45, 2.75) is 45.2 Å². The summed E-state index contributed by atoms with van der Waals surface area (Å²) >= 11 is 0. The van der Waals surface area contributed by atoms with Crippen molar-refractivity contribution in [1.82, 2.24) is 10.6 Å². The van der Waals surface area contributed by atoms with Crippen LogP contribution in [0.25, 0.3) is 0 Å². The van der Waals surface area contributed by atoms with Gasteiger partial charge in [-0.15, -0.1) is 30.6 Å². The first-order valence-corrected chi connectivity index (χ1v) is 8.04. The molecule has 0 radical (unpaired) electrons. The Bertz CT molecular complexity index is 469. The van der Waals surface area contributed by atoms with E-state index in [4.69, 9.17) is 5.73 Å². The van der Waals surface area contributed by atoms with Gasteiger partial charge < -0.3 is 16.4 Å². The van der Waals surface area contributed by atoms with Crippen LogP contribution in [0.3, 0.4) is 0 Å². The van der Waals surface area contributed by atoms with Crippen molar-refractivity contribution in [1.29, 1.82) is 0 Å². The standard InChI is InChI=1S/C18H30N4.HI/c1-5-13-20-17(19)21-14-18(6-2,7-3)22-15(4)16-11-9-8-10-12-16;/h5,8-12,15,22H,1,6-7,13-14H2,2-4H3,(H3,19,20,21);1H. The molecule has 0 amide bonds. The topological polar surface area (TPSA) is 62.4 Å². The molecule has 1 unspecified atom stereocenters. The first kappa shape index (κ1) is 21.9. The molecule has 0 saturated carbocycles. The third kappa shape index (κ3) is 7.35. The lowest BCUT2D eigenvalue weighted by Gasteiger charge is -2.35. The van der Waals surface area contributed by atoms with Gasteiger partial charge in [-0.05, 0) is 25.3 Å². The van der Waals surface area contributed by atoms with Gasteiger partial charge in [0.15, 0.2) is 5.96 Å². The molecule has 1 aromatic rings. The van der Waals surface area contributed by atoms with Gasteiger partial charge in [0.25, 0.3) is 0 Å². The molecular formula is C18H31IN4. The Hall–Kier alpha value is -1.08. The van der Waals surface area contributed by atoms with Gasteiger partial charge in [0, 0.05) is 18.1 Å². The minimum Gasteiger partial charge on any atom is -0.370 e. The van der Waals surface area contributed by atoms with E-state index in [1.807, 2.05) is 6.07 Å². The van der Waals surface area contributed by atoms with E-state index < -0.39 is 0 Å². The molecule has 0 aliphatic rings. The van der Waals surface area contributed by atoms with Gasteiger partial charge in [0.05, 0.1) is 6.54 Å². The summed E-state index contributed by atoms with van der Waals surface area (Å²) in [6.45, 7) is 11.5. The van der Waals surface area contributed by atoms with Crippen molar-refractivity contribution in [3.8, 4) is 0 Å². The monoisotopic (exact) mass is 430 g/mol. The summed E-state index contributed by atoms with van der Waals surface area (Å²) in [5.74, 6) is 0.473. The Labute approximate surface area is 158 Å². The minimum absolute atomic E-state index is 0. The molecule has 0 aliphatic carbocycles. The van der Waals surface area contributed by atoms with Crippen molar-refractivity contribution < 1.29 is 0 Å². The molecule has 1 aromatic carbocycles. The number of nitrogens with one attached hydrogen (secondary N) is 2. The quantitative estimate of drug-likeness (QED) is 0.243. The van der Waals surface area contributed by atoms with Crippen LogP contribution in [0.1, 0.15) is 45.2 Å². The van der Waals surface area contributed by atoms with Crippen molar-refractivity contribution in [3.05, 3.63) is 48.6 Å². The zero-order valence-electron chi connectivity index (χ0n) is 14.5. The molecule has 5 heteroatoms. The van der Waals surface area contributed by atoms with Crippen LogP contribution in [0.15, 0.2) is 48.0 Å². The third-order valence-electron chi connectivity index (χ3n) is 4.16. The van der Waals surface area contributed by atoms with Crippen LogP contribution in [-0.4, -0.2) is 24.6 Å². The zero-order valence-corrected chi connectivity index (χ0v) is 16.8. The van der Waals surface area contributed by atoms with Crippen LogP contribution in [0.4, 0.5) is 0 Å². The summed E-state index contributed by atoms with van der Waals surface area (Å²) in [5.41, 5.74) is 7.12. The lowest BCUT2D eigenvalue weighted by Crippen LogP contribution is -2.49. The van der Waals surface area contributed by atoms with E-state index in [2.05, 4.69) is 67.2 Å². The summed E-state index contributed by atoms with van der Waals surface area (Å²) in [7, 11) is 0. The smallest absolute Gasteiger partial charge is 0.188 e. The molecule has 4 N–H and O–H groups in total. The SMILES string of the molecule is C=CCNC(N)=NCC(CC)(CC)NC(C)c1ccccc1.I. The highest BCUT2D eigenvalue weighted by Gasteiger charge is 2.27. The molecule has 4 nitrogen and oxygen atoms in total. The Balaban J connectivity index is 0.00000484. The number of nitrogens with two attached hydrogens (primary N) is 1. The Kier molecular flexibility index (Phi) is 10.9. The van der Waals surface area contributed by atoms with Crippen LogP contribution >= 0.6 is 24.0 Å². The second-order valence-electron chi connectivity index (χ2n) is 5.64. The maximum Gasteiger partial charge on any atom is 0.188 e. The summed E-state index contributed by atoms with van der Waals surface area (Å²) in [4.78, 5) is 4.50. The number of benzene rings is 1. The Morgan fingerprint density at radius 1 is 1.30 bits per heavy atom. The molecule has 0 aromatic heterocycles. The van der Waals surface area contributed by atoms with E-state index in [0.717, 1.165) is 12.8 Å². The summed E-state index contributed by atoms with van der Waals surface area (Å²) in [6.07, 6.45) is 3.77. The second kappa shape index (κ2) is 11.5. The fourth-order valence-electron chi connectivity index (χ4n) is 2.48. The first-order chi connectivity index (χ1) is 10.6. The summed E-state index contributed by atoms with van der Waals surface area (Å²) in [5, 5.41) is 6.77. The van der Waals surface area contributed by atoms with E-state index in [9.17, 15) is 0 Å². The molecule has 23 heavy (non-hydrogen) atoms. The van der Waals surface area contributed by atoms with Gasteiger partial charge in [-0.1, -0.05) is 50.3 Å². The molecule has 0 aliphatic heterocycles. The fraction of sp³-hybridized carbons (Fsp3) is 0.500.